The molecule has 1 fully saturated rings. The Balaban J connectivity index is 1.69. The summed E-state index contributed by atoms with van der Waals surface area (Å²) in [5.41, 5.74) is 2.71. The summed E-state index contributed by atoms with van der Waals surface area (Å²) in [4.78, 5) is 0. The average molecular weight is 322 g/mol. The molecule has 0 radical (unpaired) electrons. The van der Waals surface area contributed by atoms with E-state index in [9.17, 15) is 8.42 Å². The second-order valence-electron chi connectivity index (χ2n) is 5.40. The molecular weight excluding hydrogens is 304 g/mol. The quantitative estimate of drug-likeness (QED) is 0.859. The first-order chi connectivity index (χ1) is 10.0. The third kappa shape index (κ3) is 3.84. The topological polar surface area (TPSA) is 58.2 Å². The van der Waals surface area contributed by atoms with Crippen LogP contribution < -0.4 is 10.0 Å². The summed E-state index contributed by atoms with van der Waals surface area (Å²) in [5.74, 6) is 0. The van der Waals surface area contributed by atoms with Crippen LogP contribution in [-0.4, -0.2) is 14.5 Å². The molecule has 0 saturated heterocycles. The van der Waals surface area contributed by atoms with Gasteiger partial charge in [0.15, 0.2) is 0 Å². The van der Waals surface area contributed by atoms with Crippen LogP contribution in [0.2, 0.25) is 0 Å². The lowest BCUT2D eigenvalue weighted by Gasteiger charge is -2.06. The summed E-state index contributed by atoms with van der Waals surface area (Å²) in [5, 5.41) is 5.29. The highest BCUT2D eigenvalue weighted by Crippen LogP contribution is 2.24. The van der Waals surface area contributed by atoms with Crippen molar-refractivity contribution in [1.82, 2.24) is 5.32 Å². The SMILES string of the molecule is Cc1ccc(NS(=O)(=O)c2cc(CNC3CC3)cs2)cc1. The smallest absolute Gasteiger partial charge is 0.271 e. The van der Waals surface area contributed by atoms with Crippen LogP contribution in [-0.2, 0) is 16.6 Å². The number of rotatable bonds is 6. The van der Waals surface area contributed by atoms with E-state index in [0.717, 1.165) is 17.7 Å². The number of benzene rings is 1. The lowest BCUT2D eigenvalue weighted by molar-refractivity contribution is 0.603. The van der Waals surface area contributed by atoms with Crippen LogP contribution in [0.3, 0.4) is 0 Å². The van der Waals surface area contributed by atoms with Crippen LogP contribution in [0.25, 0.3) is 0 Å². The van der Waals surface area contributed by atoms with Gasteiger partial charge in [0.2, 0.25) is 0 Å². The third-order valence-electron chi connectivity index (χ3n) is 3.37. The van der Waals surface area contributed by atoms with Crippen molar-refractivity contribution in [2.45, 2.75) is 36.6 Å². The van der Waals surface area contributed by atoms with Gasteiger partial charge in [0.05, 0.1) is 0 Å². The molecule has 0 aliphatic heterocycles. The van der Waals surface area contributed by atoms with Gasteiger partial charge in [-0.1, -0.05) is 17.7 Å². The monoisotopic (exact) mass is 322 g/mol. The Morgan fingerprint density at radius 2 is 1.95 bits per heavy atom. The molecule has 0 bridgehead atoms. The van der Waals surface area contributed by atoms with Gasteiger partial charge in [-0.3, -0.25) is 4.72 Å². The minimum Gasteiger partial charge on any atom is -0.310 e. The van der Waals surface area contributed by atoms with E-state index in [1.54, 1.807) is 18.2 Å². The molecule has 1 saturated carbocycles. The van der Waals surface area contributed by atoms with Gasteiger partial charge < -0.3 is 5.32 Å². The number of sulfonamides is 1. The molecule has 0 amide bonds. The van der Waals surface area contributed by atoms with Crippen molar-refractivity contribution >= 4 is 27.0 Å². The molecule has 2 aromatic rings. The maximum absolute atomic E-state index is 12.3. The number of thiophene rings is 1. The van der Waals surface area contributed by atoms with Crippen LogP contribution >= 0.6 is 11.3 Å². The Bertz CT molecular complexity index is 716. The molecule has 112 valence electrons. The van der Waals surface area contributed by atoms with Crippen LogP contribution in [0.4, 0.5) is 5.69 Å². The van der Waals surface area contributed by atoms with Crippen molar-refractivity contribution < 1.29 is 8.42 Å². The zero-order valence-electron chi connectivity index (χ0n) is 11.8. The Morgan fingerprint density at radius 3 is 2.62 bits per heavy atom. The van der Waals surface area contributed by atoms with E-state index in [1.807, 2.05) is 24.4 Å². The molecule has 1 heterocycles. The van der Waals surface area contributed by atoms with Crippen molar-refractivity contribution in [2.24, 2.45) is 0 Å². The number of nitrogens with one attached hydrogen (secondary N) is 2. The van der Waals surface area contributed by atoms with E-state index in [1.165, 1.54) is 24.2 Å². The van der Waals surface area contributed by atoms with Crippen LogP contribution in [0.15, 0.2) is 39.9 Å². The fourth-order valence-electron chi connectivity index (χ4n) is 1.96. The van der Waals surface area contributed by atoms with E-state index in [0.29, 0.717) is 15.9 Å². The van der Waals surface area contributed by atoms with E-state index in [2.05, 4.69) is 10.0 Å². The first kappa shape index (κ1) is 14.6. The number of hydrogen-bond donors (Lipinski definition) is 2. The normalized spacial score (nSPS) is 15.1. The van der Waals surface area contributed by atoms with Crippen molar-refractivity contribution in [3.05, 3.63) is 46.8 Å². The van der Waals surface area contributed by atoms with Crippen molar-refractivity contribution in [1.29, 1.82) is 0 Å². The van der Waals surface area contributed by atoms with Crippen LogP contribution in [0.1, 0.15) is 24.0 Å². The molecule has 1 aliphatic rings. The van der Waals surface area contributed by atoms with Gasteiger partial charge in [0.25, 0.3) is 10.0 Å². The lowest BCUT2D eigenvalue weighted by atomic mass is 10.2. The van der Waals surface area contributed by atoms with Crippen molar-refractivity contribution in [2.75, 3.05) is 4.72 Å². The summed E-state index contributed by atoms with van der Waals surface area (Å²) < 4.78 is 27.6. The van der Waals surface area contributed by atoms with E-state index in [4.69, 9.17) is 0 Å². The first-order valence-corrected chi connectivity index (χ1v) is 9.29. The molecule has 1 aromatic carbocycles. The molecule has 0 atom stereocenters. The summed E-state index contributed by atoms with van der Waals surface area (Å²) in [6, 6.07) is 9.69. The molecule has 4 nitrogen and oxygen atoms in total. The maximum Gasteiger partial charge on any atom is 0.271 e. The summed E-state index contributed by atoms with van der Waals surface area (Å²) in [7, 11) is -3.49. The number of anilines is 1. The minimum absolute atomic E-state index is 0.357. The Kier molecular flexibility index (Phi) is 4.01. The van der Waals surface area contributed by atoms with Crippen LogP contribution in [0.5, 0.6) is 0 Å². The number of hydrogen-bond acceptors (Lipinski definition) is 4. The zero-order valence-corrected chi connectivity index (χ0v) is 13.4. The van der Waals surface area contributed by atoms with Gasteiger partial charge in [-0.25, -0.2) is 8.42 Å². The van der Waals surface area contributed by atoms with Crippen molar-refractivity contribution in [3.63, 3.8) is 0 Å². The van der Waals surface area contributed by atoms with Gasteiger partial charge in [0, 0.05) is 18.3 Å². The largest absolute Gasteiger partial charge is 0.310 e. The second-order valence-corrected chi connectivity index (χ2v) is 8.22. The van der Waals surface area contributed by atoms with Crippen molar-refractivity contribution in [3.8, 4) is 0 Å². The molecular formula is C15H18N2O2S2. The van der Waals surface area contributed by atoms with Gasteiger partial charge in [-0.05, 0) is 48.9 Å². The maximum atomic E-state index is 12.3. The second kappa shape index (κ2) is 5.79. The fourth-order valence-corrected chi connectivity index (χ4v) is 4.23. The highest BCUT2D eigenvalue weighted by atomic mass is 32.2. The third-order valence-corrected chi connectivity index (χ3v) is 6.24. The fraction of sp³-hybridized carbons (Fsp3) is 0.333. The van der Waals surface area contributed by atoms with E-state index < -0.39 is 10.0 Å². The molecule has 1 aromatic heterocycles. The summed E-state index contributed by atoms with van der Waals surface area (Å²) >= 11 is 1.26. The van der Waals surface area contributed by atoms with E-state index >= 15 is 0 Å². The first-order valence-electron chi connectivity index (χ1n) is 6.93. The molecule has 2 N–H and O–H groups in total. The minimum atomic E-state index is -3.49. The summed E-state index contributed by atoms with van der Waals surface area (Å²) in [6.07, 6.45) is 2.45. The molecule has 21 heavy (non-hydrogen) atoms. The number of aryl methyl sites for hydroxylation is 1. The van der Waals surface area contributed by atoms with Crippen LogP contribution in [0, 0.1) is 6.92 Å². The van der Waals surface area contributed by atoms with Gasteiger partial charge in [-0.15, -0.1) is 11.3 Å². The van der Waals surface area contributed by atoms with E-state index in [-0.39, 0.29) is 0 Å². The molecule has 1 aliphatic carbocycles. The molecule has 0 spiro atoms. The molecule has 6 heteroatoms. The average Bonchev–Trinajstić information content (AvgIpc) is 3.15. The predicted octanol–water partition coefficient (Wildman–Crippen LogP) is 3.11. The van der Waals surface area contributed by atoms with Gasteiger partial charge in [-0.2, -0.15) is 0 Å². The highest BCUT2D eigenvalue weighted by Gasteiger charge is 2.21. The Labute approximate surface area is 129 Å². The lowest BCUT2D eigenvalue weighted by Crippen LogP contribution is -2.15. The highest BCUT2D eigenvalue weighted by molar-refractivity contribution is 7.94. The standard InChI is InChI=1S/C15H18N2O2S2/c1-11-2-4-14(5-3-11)17-21(18,19)15-8-12(10-20-15)9-16-13-6-7-13/h2-5,8,10,13,16-17H,6-7,9H2,1H3. The predicted molar refractivity (Wildman–Crippen MR) is 86.2 cm³/mol. The summed E-state index contributed by atoms with van der Waals surface area (Å²) in [6.45, 7) is 2.71. The van der Waals surface area contributed by atoms with Gasteiger partial charge in [0.1, 0.15) is 4.21 Å². The molecule has 3 rings (SSSR count). The molecule has 0 unspecified atom stereocenters. The zero-order chi connectivity index (χ0) is 14.9. The Morgan fingerprint density at radius 1 is 1.24 bits per heavy atom. The van der Waals surface area contributed by atoms with Gasteiger partial charge >= 0.3 is 0 Å². The Hall–Kier alpha value is -1.37.